The first-order chi connectivity index (χ1) is 12.5. The topological polar surface area (TPSA) is 104 Å². The molecule has 26 heavy (non-hydrogen) atoms. The molecule has 0 spiro atoms. The van der Waals surface area contributed by atoms with Crippen molar-refractivity contribution in [3.8, 4) is 11.6 Å². The minimum Gasteiger partial charge on any atom is -0.438 e. The van der Waals surface area contributed by atoms with E-state index < -0.39 is 5.60 Å². The van der Waals surface area contributed by atoms with E-state index >= 15 is 0 Å². The molecule has 0 aliphatic heterocycles. The largest absolute Gasteiger partial charge is 0.438 e. The molecule has 0 atom stereocenters. The zero-order chi connectivity index (χ0) is 18.6. The van der Waals surface area contributed by atoms with Crippen molar-refractivity contribution in [1.82, 2.24) is 15.5 Å². The number of benzene rings is 1. The predicted octanol–water partition coefficient (Wildman–Crippen LogP) is 2.64. The first-order valence-electron chi connectivity index (χ1n) is 8.49. The molecule has 1 saturated carbocycles. The van der Waals surface area contributed by atoms with Crippen LogP contribution in [0.3, 0.4) is 0 Å². The first kappa shape index (κ1) is 18.4. The SMILES string of the molecule is O=C(NCC1(O)CCCCC1)c1cc(Oc2ccc(=O)[nH]n2)ccc1Cl. The highest BCUT2D eigenvalue weighted by Crippen LogP contribution is 2.28. The monoisotopic (exact) mass is 377 g/mol. The number of rotatable bonds is 5. The summed E-state index contributed by atoms with van der Waals surface area (Å²) in [7, 11) is 0. The average Bonchev–Trinajstić information content (AvgIpc) is 2.64. The van der Waals surface area contributed by atoms with Crippen molar-refractivity contribution in [3.63, 3.8) is 0 Å². The lowest BCUT2D eigenvalue weighted by atomic mass is 9.85. The Bertz CT molecular complexity index is 826. The number of halogens is 1. The predicted molar refractivity (Wildman–Crippen MR) is 96.8 cm³/mol. The summed E-state index contributed by atoms with van der Waals surface area (Å²) in [4.78, 5) is 23.5. The summed E-state index contributed by atoms with van der Waals surface area (Å²) in [5.74, 6) is 0.166. The molecule has 0 bridgehead atoms. The van der Waals surface area contributed by atoms with Crippen molar-refractivity contribution >= 4 is 17.5 Å². The standard InChI is InChI=1S/C18H20ClN3O4/c19-14-5-4-12(26-16-7-6-15(23)21-22-16)10-13(14)17(24)20-11-18(25)8-2-1-3-9-18/h4-7,10,25H,1-3,8-9,11H2,(H,20,24)(H,21,23). The molecule has 1 aliphatic carbocycles. The number of H-pyrrole nitrogens is 1. The van der Waals surface area contributed by atoms with Crippen LogP contribution in [0.15, 0.2) is 35.1 Å². The maximum absolute atomic E-state index is 12.5. The Kier molecular flexibility index (Phi) is 5.58. The lowest BCUT2D eigenvalue weighted by Gasteiger charge is -2.32. The third-order valence-electron chi connectivity index (χ3n) is 4.42. The van der Waals surface area contributed by atoms with E-state index in [0.717, 1.165) is 19.3 Å². The summed E-state index contributed by atoms with van der Waals surface area (Å²) in [6, 6.07) is 7.35. The second-order valence-electron chi connectivity index (χ2n) is 6.47. The van der Waals surface area contributed by atoms with Crippen LogP contribution < -0.4 is 15.6 Å². The number of aliphatic hydroxyl groups is 1. The highest BCUT2D eigenvalue weighted by molar-refractivity contribution is 6.33. The minimum atomic E-state index is -0.853. The fraction of sp³-hybridized carbons (Fsp3) is 0.389. The van der Waals surface area contributed by atoms with Crippen molar-refractivity contribution in [1.29, 1.82) is 0 Å². The molecule has 1 aromatic heterocycles. The Morgan fingerprint density at radius 1 is 1.27 bits per heavy atom. The minimum absolute atomic E-state index is 0.189. The van der Waals surface area contributed by atoms with Crippen LogP contribution in [-0.4, -0.2) is 33.4 Å². The molecular weight excluding hydrogens is 358 g/mol. The molecule has 3 N–H and O–H groups in total. The van der Waals surface area contributed by atoms with Gasteiger partial charge in [0, 0.05) is 18.7 Å². The van der Waals surface area contributed by atoms with Crippen LogP contribution in [0, 0.1) is 0 Å². The van der Waals surface area contributed by atoms with Gasteiger partial charge in [0.2, 0.25) is 5.88 Å². The van der Waals surface area contributed by atoms with Gasteiger partial charge in [-0.05, 0) is 31.0 Å². The van der Waals surface area contributed by atoms with Crippen LogP contribution in [0.4, 0.5) is 0 Å². The van der Waals surface area contributed by atoms with E-state index in [4.69, 9.17) is 16.3 Å². The van der Waals surface area contributed by atoms with E-state index in [9.17, 15) is 14.7 Å². The Hall–Kier alpha value is -2.38. The average molecular weight is 378 g/mol. The summed E-state index contributed by atoms with van der Waals surface area (Å²) < 4.78 is 5.52. The van der Waals surface area contributed by atoms with Gasteiger partial charge in [0.05, 0.1) is 16.2 Å². The van der Waals surface area contributed by atoms with E-state index in [-0.39, 0.29) is 34.5 Å². The molecule has 1 aromatic carbocycles. The Morgan fingerprint density at radius 2 is 2.04 bits per heavy atom. The zero-order valence-corrected chi connectivity index (χ0v) is 14.9. The van der Waals surface area contributed by atoms with Gasteiger partial charge in [0.25, 0.3) is 11.5 Å². The van der Waals surface area contributed by atoms with E-state index in [1.54, 1.807) is 12.1 Å². The number of nitrogens with zero attached hydrogens (tertiary/aromatic N) is 1. The quantitative estimate of drug-likeness (QED) is 0.743. The molecular formula is C18H20ClN3O4. The van der Waals surface area contributed by atoms with Crippen LogP contribution in [0.1, 0.15) is 42.5 Å². The van der Waals surface area contributed by atoms with Gasteiger partial charge in [-0.2, -0.15) is 0 Å². The number of nitrogens with one attached hydrogen (secondary N) is 2. The zero-order valence-electron chi connectivity index (χ0n) is 14.1. The molecule has 2 aromatic rings. The van der Waals surface area contributed by atoms with Crippen LogP contribution in [-0.2, 0) is 0 Å². The van der Waals surface area contributed by atoms with Gasteiger partial charge in [-0.1, -0.05) is 30.9 Å². The number of amides is 1. The molecule has 1 amide bonds. The molecule has 138 valence electrons. The lowest BCUT2D eigenvalue weighted by Crippen LogP contribution is -2.44. The number of aromatic nitrogens is 2. The van der Waals surface area contributed by atoms with Gasteiger partial charge in [0.1, 0.15) is 5.75 Å². The second kappa shape index (κ2) is 7.88. The maximum Gasteiger partial charge on any atom is 0.264 e. The number of hydrogen-bond acceptors (Lipinski definition) is 5. The Labute approximate surface area is 155 Å². The lowest BCUT2D eigenvalue weighted by molar-refractivity contribution is 0.00526. The van der Waals surface area contributed by atoms with E-state index in [1.165, 1.54) is 18.2 Å². The first-order valence-corrected chi connectivity index (χ1v) is 8.87. The Morgan fingerprint density at radius 3 is 2.73 bits per heavy atom. The van der Waals surface area contributed by atoms with Crippen LogP contribution in [0.5, 0.6) is 11.6 Å². The molecule has 8 heteroatoms. The van der Waals surface area contributed by atoms with E-state index in [1.807, 2.05) is 0 Å². The highest BCUT2D eigenvalue weighted by atomic mass is 35.5. The van der Waals surface area contributed by atoms with Crippen molar-refractivity contribution in [3.05, 3.63) is 51.3 Å². The third-order valence-corrected chi connectivity index (χ3v) is 4.75. The molecule has 1 aliphatic rings. The summed E-state index contributed by atoms with van der Waals surface area (Å²) >= 11 is 6.13. The van der Waals surface area contributed by atoms with Gasteiger partial charge in [0.15, 0.2) is 0 Å². The number of aromatic amines is 1. The van der Waals surface area contributed by atoms with Gasteiger partial charge in [-0.15, -0.1) is 5.10 Å². The van der Waals surface area contributed by atoms with Crippen molar-refractivity contribution in [2.45, 2.75) is 37.7 Å². The molecule has 3 rings (SSSR count). The van der Waals surface area contributed by atoms with Gasteiger partial charge in [-0.3, -0.25) is 9.59 Å². The van der Waals surface area contributed by atoms with Crippen molar-refractivity contribution < 1.29 is 14.6 Å². The van der Waals surface area contributed by atoms with Crippen LogP contribution in [0.2, 0.25) is 5.02 Å². The fourth-order valence-corrected chi connectivity index (χ4v) is 3.18. The number of carbonyl (C=O) groups excluding carboxylic acids is 1. The molecule has 1 fully saturated rings. The maximum atomic E-state index is 12.5. The summed E-state index contributed by atoms with van der Waals surface area (Å²) in [6.07, 6.45) is 4.40. The molecule has 0 radical (unpaired) electrons. The van der Waals surface area contributed by atoms with E-state index in [0.29, 0.717) is 18.6 Å². The number of ether oxygens (including phenoxy) is 1. The summed E-state index contributed by atoms with van der Waals surface area (Å²) in [5.41, 5.74) is -0.948. The van der Waals surface area contributed by atoms with Crippen molar-refractivity contribution in [2.75, 3.05) is 6.54 Å². The smallest absolute Gasteiger partial charge is 0.264 e. The second-order valence-corrected chi connectivity index (χ2v) is 6.88. The van der Waals surface area contributed by atoms with Gasteiger partial charge >= 0.3 is 0 Å². The third kappa shape index (κ3) is 4.62. The summed E-state index contributed by atoms with van der Waals surface area (Å²) in [6.45, 7) is 0.189. The van der Waals surface area contributed by atoms with Crippen LogP contribution in [0.25, 0.3) is 0 Å². The molecule has 0 saturated heterocycles. The molecule has 7 nitrogen and oxygen atoms in total. The van der Waals surface area contributed by atoms with E-state index in [2.05, 4.69) is 15.5 Å². The van der Waals surface area contributed by atoms with Crippen LogP contribution >= 0.6 is 11.6 Å². The number of carbonyl (C=O) groups is 1. The molecule has 0 unspecified atom stereocenters. The number of hydrogen-bond donors (Lipinski definition) is 3. The highest BCUT2D eigenvalue weighted by Gasteiger charge is 2.29. The molecule has 1 heterocycles. The van der Waals surface area contributed by atoms with Gasteiger partial charge in [-0.25, -0.2) is 5.10 Å². The van der Waals surface area contributed by atoms with Crippen molar-refractivity contribution in [2.24, 2.45) is 0 Å². The Balaban J connectivity index is 1.69. The normalized spacial score (nSPS) is 16.1. The summed E-state index contributed by atoms with van der Waals surface area (Å²) in [5, 5.41) is 19.5. The van der Waals surface area contributed by atoms with Gasteiger partial charge < -0.3 is 15.2 Å². The fourth-order valence-electron chi connectivity index (χ4n) is 2.98.